The zero-order chi connectivity index (χ0) is 13.2. The first-order valence-electron chi connectivity index (χ1n) is 6.64. The summed E-state index contributed by atoms with van der Waals surface area (Å²) in [5.41, 5.74) is -0.332. The van der Waals surface area contributed by atoms with Crippen LogP contribution in [0.1, 0.15) is 39.0 Å². The number of aliphatic carboxylic acids is 1. The highest BCUT2D eigenvalue weighted by molar-refractivity contribution is 5.85. The highest BCUT2D eigenvalue weighted by Gasteiger charge is 2.40. The zero-order valence-electron chi connectivity index (χ0n) is 10.8. The first-order valence-corrected chi connectivity index (χ1v) is 6.64. The molecular formula is C13H21NO4. The monoisotopic (exact) mass is 255 g/mol. The Labute approximate surface area is 107 Å². The largest absolute Gasteiger partial charge is 0.481 e. The molecule has 2 N–H and O–H groups in total. The smallest absolute Gasteiger partial charge is 0.307 e. The number of hydrogen-bond donors (Lipinski definition) is 2. The second kappa shape index (κ2) is 5.26. The van der Waals surface area contributed by atoms with Crippen molar-refractivity contribution in [3.05, 3.63) is 0 Å². The molecule has 0 aromatic rings. The number of amides is 1. The van der Waals surface area contributed by atoms with E-state index in [0.29, 0.717) is 19.4 Å². The molecule has 0 aromatic carbocycles. The summed E-state index contributed by atoms with van der Waals surface area (Å²) in [7, 11) is 0. The summed E-state index contributed by atoms with van der Waals surface area (Å²) in [5.74, 6) is -1.86. The van der Waals surface area contributed by atoms with Crippen LogP contribution in [0.25, 0.3) is 0 Å². The number of nitrogens with one attached hydrogen (secondary N) is 1. The second-order valence-electron chi connectivity index (χ2n) is 5.69. The van der Waals surface area contributed by atoms with Gasteiger partial charge in [-0.3, -0.25) is 9.59 Å². The maximum Gasteiger partial charge on any atom is 0.307 e. The van der Waals surface area contributed by atoms with Crippen LogP contribution in [0.3, 0.4) is 0 Å². The van der Waals surface area contributed by atoms with Gasteiger partial charge in [0.15, 0.2) is 0 Å². The Bertz CT molecular complexity index is 336. The van der Waals surface area contributed by atoms with Gasteiger partial charge in [0.1, 0.15) is 0 Å². The van der Waals surface area contributed by atoms with E-state index >= 15 is 0 Å². The normalized spacial score (nSPS) is 36.3. The Balaban J connectivity index is 1.96. The number of ether oxygens (including phenoxy) is 1. The van der Waals surface area contributed by atoms with E-state index in [-0.39, 0.29) is 17.4 Å². The van der Waals surface area contributed by atoms with Gasteiger partial charge in [0.05, 0.1) is 24.0 Å². The summed E-state index contributed by atoms with van der Waals surface area (Å²) in [6.45, 7) is 3.23. The third-order valence-corrected chi connectivity index (χ3v) is 4.03. The van der Waals surface area contributed by atoms with Crippen LogP contribution in [0, 0.1) is 11.8 Å². The minimum absolute atomic E-state index is 0.118. The standard InChI is InChI=1S/C13H21NO4/c1-13(6-3-7-18-8-13)14-11(15)9-4-2-5-10(9)12(16)17/h9-10H,2-8H2,1H3,(H,14,15)(H,16,17). The molecule has 2 rings (SSSR count). The van der Waals surface area contributed by atoms with Crippen LogP contribution >= 0.6 is 0 Å². The van der Waals surface area contributed by atoms with Gasteiger partial charge in [-0.1, -0.05) is 6.42 Å². The summed E-state index contributed by atoms with van der Waals surface area (Å²) in [6.07, 6.45) is 3.94. The van der Waals surface area contributed by atoms with E-state index in [1.807, 2.05) is 6.92 Å². The third-order valence-electron chi connectivity index (χ3n) is 4.03. The molecule has 1 heterocycles. The van der Waals surface area contributed by atoms with Crippen molar-refractivity contribution in [2.24, 2.45) is 11.8 Å². The van der Waals surface area contributed by atoms with E-state index in [2.05, 4.69) is 5.32 Å². The maximum absolute atomic E-state index is 12.2. The van der Waals surface area contributed by atoms with Gasteiger partial charge in [0, 0.05) is 6.61 Å². The molecule has 102 valence electrons. The van der Waals surface area contributed by atoms with Crippen molar-refractivity contribution < 1.29 is 19.4 Å². The first-order chi connectivity index (χ1) is 8.52. The molecule has 3 atom stereocenters. The van der Waals surface area contributed by atoms with Crippen LogP contribution in [-0.4, -0.2) is 35.7 Å². The minimum Gasteiger partial charge on any atom is -0.481 e. The average molecular weight is 255 g/mol. The second-order valence-corrected chi connectivity index (χ2v) is 5.69. The molecule has 0 aromatic heterocycles. The Morgan fingerprint density at radius 2 is 2.00 bits per heavy atom. The molecule has 1 aliphatic carbocycles. The van der Waals surface area contributed by atoms with Gasteiger partial charge in [-0.25, -0.2) is 0 Å². The Morgan fingerprint density at radius 1 is 1.28 bits per heavy atom. The number of hydrogen-bond acceptors (Lipinski definition) is 3. The lowest BCUT2D eigenvalue weighted by molar-refractivity contribution is -0.146. The predicted octanol–water partition coefficient (Wildman–Crippen LogP) is 1.17. The topological polar surface area (TPSA) is 75.6 Å². The van der Waals surface area contributed by atoms with Gasteiger partial charge in [0.25, 0.3) is 0 Å². The van der Waals surface area contributed by atoms with E-state index < -0.39 is 11.9 Å². The summed E-state index contributed by atoms with van der Waals surface area (Å²) < 4.78 is 5.39. The van der Waals surface area contributed by atoms with Crippen LogP contribution in [0.5, 0.6) is 0 Å². The summed E-state index contributed by atoms with van der Waals surface area (Å²) >= 11 is 0. The molecule has 1 saturated carbocycles. The SMILES string of the molecule is CC1(NC(=O)C2CCCC2C(=O)O)CCCOC1. The quantitative estimate of drug-likeness (QED) is 0.794. The van der Waals surface area contributed by atoms with Crippen LogP contribution in [0.15, 0.2) is 0 Å². The van der Waals surface area contributed by atoms with Crippen molar-refractivity contribution in [2.45, 2.75) is 44.6 Å². The Morgan fingerprint density at radius 3 is 2.61 bits per heavy atom. The average Bonchev–Trinajstić information content (AvgIpc) is 2.78. The number of carbonyl (C=O) groups is 2. The van der Waals surface area contributed by atoms with Gasteiger partial charge in [-0.15, -0.1) is 0 Å². The van der Waals surface area contributed by atoms with E-state index in [4.69, 9.17) is 9.84 Å². The summed E-state index contributed by atoms with van der Waals surface area (Å²) in [4.78, 5) is 23.3. The van der Waals surface area contributed by atoms with Gasteiger partial charge in [-0.05, 0) is 32.6 Å². The third kappa shape index (κ3) is 2.83. The van der Waals surface area contributed by atoms with Crippen molar-refractivity contribution >= 4 is 11.9 Å². The molecule has 5 heteroatoms. The molecule has 18 heavy (non-hydrogen) atoms. The van der Waals surface area contributed by atoms with Crippen molar-refractivity contribution in [3.63, 3.8) is 0 Å². The zero-order valence-corrected chi connectivity index (χ0v) is 10.8. The van der Waals surface area contributed by atoms with E-state index in [0.717, 1.165) is 25.9 Å². The van der Waals surface area contributed by atoms with Crippen molar-refractivity contribution in [2.75, 3.05) is 13.2 Å². The molecule has 0 bridgehead atoms. The lowest BCUT2D eigenvalue weighted by Gasteiger charge is -2.35. The molecule has 3 unspecified atom stereocenters. The van der Waals surface area contributed by atoms with Crippen LogP contribution in [0.4, 0.5) is 0 Å². The molecule has 2 aliphatic rings. The van der Waals surface area contributed by atoms with Gasteiger partial charge in [-0.2, -0.15) is 0 Å². The Kier molecular flexibility index (Phi) is 3.90. The summed E-state index contributed by atoms with van der Waals surface area (Å²) in [5, 5.41) is 12.1. The van der Waals surface area contributed by atoms with Crippen LogP contribution in [0.2, 0.25) is 0 Å². The molecule has 1 amide bonds. The van der Waals surface area contributed by atoms with Gasteiger partial charge < -0.3 is 15.2 Å². The number of carboxylic acid groups (broad SMARTS) is 1. The van der Waals surface area contributed by atoms with Gasteiger partial charge >= 0.3 is 5.97 Å². The minimum atomic E-state index is -0.849. The lowest BCUT2D eigenvalue weighted by atomic mass is 9.91. The van der Waals surface area contributed by atoms with Crippen molar-refractivity contribution in [1.82, 2.24) is 5.32 Å². The highest BCUT2D eigenvalue weighted by Crippen LogP contribution is 2.33. The van der Waals surface area contributed by atoms with Crippen molar-refractivity contribution in [1.29, 1.82) is 0 Å². The predicted molar refractivity (Wildman–Crippen MR) is 65.1 cm³/mol. The van der Waals surface area contributed by atoms with Crippen molar-refractivity contribution in [3.8, 4) is 0 Å². The summed E-state index contributed by atoms with van der Waals surface area (Å²) in [6, 6.07) is 0. The Hall–Kier alpha value is -1.10. The van der Waals surface area contributed by atoms with Crippen LogP contribution in [-0.2, 0) is 14.3 Å². The molecule has 1 saturated heterocycles. The molecule has 1 aliphatic heterocycles. The van der Waals surface area contributed by atoms with Gasteiger partial charge in [0.2, 0.25) is 5.91 Å². The van der Waals surface area contributed by atoms with Crippen LogP contribution < -0.4 is 5.32 Å². The fraction of sp³-hybridized carbons (Fsp3) is 0.846. The fourth-order valence-electron chi connectivity index (χ4n) is 2.99. The molecule has 0 radical (unpaired) electrons. The first kappa shape index (κ1) is 13.3. The number of carbonyl (C=O) groups excluding carboxylic acids is 1. The van der Waals surface area contributed by atoms with E-state index in [1.165, 1.54) is 0 Å². The lowest BCUT2D eigenvalue weighted by Crippen LogP contribution is -2.53. The maximum atomic E-state index is 12.2. The molecular weight excluding hydrogens is 234 g/mol. The molecule has 2 fully saturated rings. The van der Waals surface area contributed by atoms with E-state index in [1.54, 1.807) is 0 Å². The molecule has 0 spiro atoms. The number of rotatable bonds is 3. The van der Waals surface area contributed by atoms with E-state index in [9.17, 15) is 9.59 Å². The number of carboxylic acids is 1. The molecule has 5 nitrogen and oxygen atoms in total. The fourth-order valence-corrected chi connectivity index (χ4v) is 2.99. The highest BCUT2D eigenvalue weighted by atomic mass is 16.5.